The highest BCUT2D eigenvalue weighted by Crippen LogP contribution is 2.33. The van der Waals surface area contributed by atoms with Gasteiger partial charge in [0.05, 0.1) is 0 Å². The van der Waals surface area contributed by atoms with Crippen molar-refractivity contribution in [3.05, 3.63) is 56.4 Å². The number of allylic oxidation sites excluding steroid dienone is 5. The van der Waals surface area contributed by atoms with Gasteiger partial charge in [0.15, 0.2) is 0 Å². The molecule has 1 unspecified atom stereocenters. The van der Waals surface area contributed by atoms with Gasteiger partial charge in [0.2, 0.25) is 0 Å². The zero-order valence-corrected chi connectivity index (χ0v) is 15.7. The normalized spacial score (nSPS) is 22.2. The summed E-state index contributed by atoms with van der Waals surface area (Å²) in [7, 11) is 2.20. The quantitative estimate of drug-likeness (QED) is 0.758. The van der Waals surface area contributed by atoms with Gasteiger partial charge in [0, 0.05) is 28.5 Å². The molecular formula is C21H22BrN. The molecule has 3 aliphatic rings. The van der Waals surface area contributed by atoms with Crippen LogP contribution in [0.5, 0.6) is 0 Å². The Hall–Kier alpha value is -1.54. The zero-order valence-electron chi connectivity index (χ0n) is 14.2. The molecule has 0 fully saturated rings. The van der Waals surface area contributed by atoms with Crippen LogP contribution in [0.15, 0.2) is 40.4 Å². The van der Waals surface area contributed by atoms with Gasteiger partial charge in [-0.15, -0.1) is 0 Å². The highest BCUT2D eigenvalue weighted by molar-refractivity contribution is 9.10. The summed E-state index contributed by atoms with van der Waals surface area (Å²) in [6, 6.07) is 2.88. The maximum Gasteiger partial charge on any atom is 0.0478 e. The topological polar surface area (TPSA) is 3.24 Å². The van der Waals surface area contributed by atoms with E-state index in [1.165, 1.54) is 42.9 Å². The summed E-state index contributed by atoms with van der Waals surface area (Å²) in [5.74, 6) is 0.538. The molecule has 0 N–H and O–H groups in total. The Morgan fingerprint density at radius 2 is 1.87 bits per heavy atom. The molecule has 0 aromatic heterocycles. The van der Waals surface area contributed by atoms with Crippen LogP contribution >= 0.6 is 15.9 Å². The van der Waals surface area contributed by atoms with Crippen LogP contribution in [-0.2, 0) is 0 Å². The Balaban J connectivity index is 1.96. The van der Waals surface area contributed by atoms with Crippen molar-refractivity contribution in [2.24, 2.45) is 5.92 Å². The second-order valence-corrected chi connectivity index (χ2v) is 7.75. The molecule has 0 radical (unpaired) electrons. The number of rotatable bonds is 2. The van der Waals surface area contributed by atoms with Crippen LogP contribution in [-0.4, -0.2) is 13.1 Å². The van der Waals surface area contributed by atoms with E-state index in [0.717, 1.165) is 6.42 Å². The predicted octanol–water partition coefficient (Wildman–Crippen LogP) is 4.16. The number of hydrogen-bond acceptors (Lipinski definition) is 1. The summed E-state index contributed by atoms with van der Waals surface area (Å²) in [6.45, 7) is 6.79. The second kappa shape index (κ2) is 5.24. The fourth-order valence-corrected chi connectivity index (χ4v) is 4.88. The molecule has 0 saturated heterocycles. The van der Waals surface area contributed by atoms with Crippen molar-refractivity contribution in [3.8, 4) is 0 Å². The van der Waals surface area contributed by atoms with E-state index >= 15 is 0 Å². The Labute approximate surface area is 146 Å². The average Bonchev–Trinajstić information content (AvgIpc) is 3.19. The number of anilines is 1. The van der Waals surface area contributed by atoms with Crippen molar-refractivity contribution in [2.45, 2.75) is 33.2 Å². The number of fused-ring (bicyclic) bond motifs is 2. The summed E-state index contributed by atoms with van der Waals surface area (Å²) in [5.41, 5.74) is 7.09. The van der Waals surface area contributed by atoms with E-state index in [0.29, 0.717) is 12.0 Å². The Morgan fingerprint density at radius 3 is 2.57 bits per heavy atom. The third-order valence-electron chi connectivity index (χ3n) is 5.69. The monoisotopic (exact) mass is 367 g/mol. The van der Waals surface area contributed by atoms with Gasteiger partial charge < -0.3 is 4.90 Å². The largest absolute Gasteiger partial charge is 0.368 e. The molecule has 1 atom stereocenters. The maximum atomic E-state index is 3.91. The van der Waals surface area contributed by atoms with Crippen LogP contribution in [0.25, 0.3) is 17.2 Å². The van der Waals surface area contributed by atoms with Crippen LogP contribution in [0.2, 0.25) is 0 Å². The smallest absolute Gasteiger partial charge is 0.0478 e. The van der Waals surface area contributed by atoms with E-state index in [9.17, 15) is 0 Å². The van der Waals surface area contributed by atoms with E-state index in [1.54, 1.807) is 0 Å². The second-order valence-electron chi connectivity index (χ2n) is 6.96. The Morgan fingerprint density at radius 1 is 1.17 bits per heavy atom. The van der Waals surface area contributed by atoms with Crippen LogP contribution in [0, 0.1) is 5.92 Å². The minimum Gasteiger partial charge on any atom is -0.368 e. The molecule has 1 aromatic rings. The van der Waals surface area contributed by atoms with Gasteiger partial charge in [-0.3, -0.25) is 0 Å². The Bertz CT molecular complexity index is 902. The Kier molecular flexibility index (Phi) is 3.42. The van der Waals surface area contributed by atoms with Crippen molar-refractivity contribution in [1.29, 1.82) is 0 Å². The SMILES string of the molecule is CC1=Cc2c(Br)c3c(cc2=C1CC1C=CC=C1)N(C)C(C)C=3C. The van der Waals surface area contributed by atoms with Gasteiger partial charge in [-0.25, -0.2) is 0 Å². The summed E-state index contributed by atoms with van der Waals surface area (Å²) >= 11 is 3.91. The van der Waals surface area contributed by atoms with Gasteiger partial charge in [0.1, 0.15) is 0 Å². The first-order valence-corrected chi connectivity index (χ1v) is 9.11. The molecule has 0 spiro atoms. The van der Waals surface area contributed by atoms with Gasteiger partial charge in [-0.05, 0) is 88.7 Å². The lowest BCUT2D eigenvalue weighted by Gasteiger charge is -2.21. The zero-order chi connectivity index (χ0) is 16.3. The first kappa shape index (κ1) is 15.0. The van der Waals surface area contributed by atoms with Crippen molar-refractivity contribution in [3.63, 3.8) is 0 Å². The average molecular weight is 368 g/mol. The molecule has 0 saturated carbocycles. The third-order valence-corrected chi connectivity index (χ3v) is 6.52. The van der Waals surface area contributed by atoms with Crippen molar-refractivity contribution in [2.75, 3.05) is 11.9 Å². The fraction of sp³-hybridized carbons (Fsp3) is 0.333. The summed E-state index contributed by atoms with van der Waals surface area (Å²) in [5, 5.41) is 2.81. The van der Waals surface area contributed by atoms with Crippen LogP contribution < -0.4 is 15.3 Å². The number of benzene rings is 1. The molecule has 0 bridgehead atoms. The molecule has 1 heterocycles. The predicted molar refractivity (Wildman–Crippen MR) is 104 cm³/mol. The van der Waals surface area contributed by atoms with E-state index in [1.807, 2.05) is 0 Å². The molecule has 23 heavy (non-hydrogen) atoms. The minimum atomic E-state index is 0.470. The van der Waals surface area contributed by atoms with Crippen molar-refractivity contribution in [1.82, 2.24) is 0 Å². The molecule has 0 amide bonds. The molecule has 2 aliphatic carbocycles. The summed E-state index contributed by atoms with van der Waals surface area (Å²) < 4.78 is 1.27. The lowest BCUT2D eigenvalue weighted by molar-refractivity contribution is 0.851. The molecule has 1 aliphatic heterocycles. The number of halogens is 1. The van der Waals surface area contributed by atoms with E-state index in [-0.39, 0.29) is 0 Å². The van der Waals surface area contributed by atoms with Crippen molar-refractivity contribution < 1.29 is 0 Å². The first-order chi connectivity index (χ1) is 11.0. The van der Waals surface area contributed by atoms with Gasteiger partial charge >= 0.3 is 0 Å². The highest BCUT2D eigenvalue weighted by atomic mass is 79.9. The molecule has 1 nitrogen and oxygen atoms in total. The summed E-state index contributed by atoms with van der Waals surface area (Å²) in [4.78, 5) is 2.40. The molecular weight excluding hydrogens is 346 g/mol. The number of nitrogens with zero attached hydrogens (tertiary/aromatic N) is 1. The van der Waals surface area contributed by atoms with Gasteiger partial charge in [-0.2, -0.15) is 0 Å². The maximum absolute atomic E-state index is 3.91. The highest BCUT2D eigenvalue weighted by Gasteiger charge is 2.27. The van der Waals surface area contributed by atoms with Crippen LogP contribution in [0.4, 0.5) is 5.69 Å². The van der Waals surface area contributed by atoms with Crippen LogP contribution in [0.1, 0.15) is 32.8 Å². The van der Waals surface area contributed by atoms with E-state index in [2.05, 4.69) is 85.1 Å². The molecule has 4 rings (SSSR count). The van der Waals surface area contributed by atoms with Crippen molar-refractivity contribution >= 4 is 38.8 Å². The van der Waals surface area contributed by atoms with Crippen LogP contribution in [0.3, 0.4) is 0 Å². The number of hydrogen-bond donors (Lipinski definition) is 0. The van der Waals surface area contributed by atoms with Gasteiger partial charge in [-0.1, -0.05) is 24.3 Å². The lowest BCUT2D eigenvalue weighted by atomic mass is 9.96. The van der Waals surface area contributed by atoms with Gasteiger partial charge in [0.25, 0.3) is 0 Å². The molecule has 1 aromatic carbocycles. The third kappa shape index (κ3) is 2.11. The van der Waals surface area contributed by atoms with E-state index in [4.69, 9.17) is 0 Å². The summed E-state index contributed by atoms with van der Waals surface area (Å²) in [6.07, 6.45) is 12.4. The standard InChI is InChI=1S/C21H22BrN/c1-12-9-18-17(16(12)10-15-7-5-6-8-15)11-19-20(21(18)22)13(2)14(3)23(19)4/h5-9,11,14-15H,10H2,1-4H3. The molecule has 2 heteroatoms. The lowest BCUT2D eigenvalue weighted by Crippen LogP contribution is -2.26. The minimum absolute atomic E-state index is 0.470. The fourth-order valence-electron chi connectivity index (χ4n) is 4.04. The van der Waals surface area contributed by atoms with E-state index < -0.39 is 0 Å². The first-order valence-electron chi connectivity index (χ1n) is 8.32. The molecule has 118 valence electrons.